The Morgan fingerprint density at radius 2 is 1.19 bits per heavy atom. The summed E-state index contributed by atoms with van der Waals surface area (Å²) in [6.45, 7) is 0. The molecule has 0 saturated carbocycles. The summed E-state index contributed by atoms with van der Waals surface area (Å²) in [5, 5.41) is 0. The van der Waals surface area contributed by atoms with Gasteiger partial charge >= 0.3 is 5.97 Å². The lowest BCUT2D eigenvalue weighted by atomic mass is 9.79. The van der Waals surface area contributed by atoms with E-state index in [1.54, 1.807) is 48.5 Å². The van der Waals surface area contributed by atoms with Crippen LogP contribution in [0, 0.1) is 29.1 Å². The minimum atomic E-state index is -2.36. The molecule has 0 saturated heterocycles. The third-order valence-corrected chi connectivity index (χ3v) is 4.77. The highest BCUT2D eigenvalue weighted by atomic mass is 19.2. The minimum Gasteiger partial charge on any atom is -0.419 e. The van der Waals surface area contributed by atoms with E-state index < -0.39 is 52.6 Å². The van der Waals surface area contributed by atoms with Gasteiger partial charge in [0.15, 0.2) is 0 Å². The second-order valence-corrected chi connectivity index (χ2v) is 6.63. The minimum absolute atomic E-state index is 0.157. The van der Waals surface area contributed by atoms with Crippen molar-refractivity contribution < 1.29 is 36.3 Å². The number of hydrogen-bond acceptors (Lipinski definition) is 3. The zero-order chi connectivity index (χ0) is 22.5. The van der Waals surface area contributed by atoms with Crippen LogP contribution in [0.2, 0.25) is 0 Å². The molecule has 3 aromatic rings. The van der Waals surface area contributed by atoms with E-state index in [1.807, 2.05) is 0 Å². The molecule has 3 nitrogen and oxygen atoms in total. The van der Waals surface area contributed by atoms with E-state index in [-0.39, 0.29) is 6.42 Å². The largest absolute Gasteiger partial charge is 0.419 e. The molecule has 0 aromatic heterocycles. The molecule has 0 aliphatic rings. The van der Waals surface area contributed by atoms with Gasteiger partial charge in [0.1, 0.15) is 6.29 Å². The van der Waals surface area contributed by atoms with Crippen molar-refractivity contribution in [2.45, 2.75) is 18.3 Å². The molecule has 8 heteroatoms. The van der Waals surface area contributed by atoms with Crippen LogP contribution in [0.15, 0.2) is 60.7 Å². The monoisotopic (exact) mass is 434 g/mol. The van der Waals surface area contributed by atoms with Gasteiger partial charge in [0, 0.05) is 12.3 Å². The fourth-order valence-electron chi connectivity index (χ4n) is 3.30. The Bertz CT molecular complexity index is 1060. The van der Waals surface area contributed by atoms with E-state index in [0.717, 1.165) is 0 Å². The number of carbonyl (C=O) groups is 2. The van der Waals surface area contributed by atoms with Crippen LogP contribution in [0.4, 0.5) is 22.0 Å². The number of aldehydes is 1. The Labute approximate surface area is 174 Å². The van der Waals surface area contributed by atoms with E-state index in [0.29, 0.717) is 17.4 Å². The molecule has 3 aromatic carbocycles. The average Bonchev–Trinajstić information content (AvgIpc) is 2.80. The van der Waals surface area contributed by atoms with Crippen LogP contribution in [0.3, 0.4) is 0 Å². The van der Waals surface area contributed by atoms with Crippen molar-refractivity contribution in [1.29, 1.82) is 0 Å². The Kier molecular flexibility index (Phi) is 6.79. The summed E-state index contributed by atoms with van der Waals surface area (Å²) in [6, 6.07) is 16.3. The summed E-state index contributed by atoms with van der Waals surface area (Å²) in [7, 11) is 0. The molecule has 0 heterocycles. The van der Waals surface area contributed by atoms with Crippen molar-refractivity contribution in [3.8, 4) is 5.75 Å². The number of benzene rings is 3. The molecule has 0 unspecified atom stereocenters. The van der Waals surface area contributed by atoms with Crippen LogP contribution in [-0.2, 0) is 9.59 Å². The van der Waals surface area contributed by atoms with E-state index in [2.05, 4.69) is 0 Å². The van der Waals surface area contributed by atoms with Crippen LogP contribution < -0.4 is 4.74 Å². The Balaban J connectivity index is 2.09. The van der Waals surface area contributed by atoms with Gasteiger partial charge in [-0.1, -0.05) is 60.7 Å². The Morgan fingerprint density at radius 1 is 0.742 bits per heavy atom. The topological polar surface area (TPSA) is 43.4 Å². The molecule has 0 fully saturated rings. The summed E-state index contributed by atoms with van der Waals surface area (Å²) in [5.41, 5.74) is 0.893. The highest BCUT2D eigenvalue weighted by Gasteiger charge is 2.35. The van der Waals surface area contributed by atoms with Crippen molar-refractivity contribution in [1.82, 2.24) is 0 Å². The van der Waals surface area contributed by atoms with Crippen molar-refractivity contribution in [2.24, 2.45) is 0 Å². The summed E-state index contributed by atoms with van der Waals surface area (Å²) in [4.78, 5) is 24.3. The van der Waals surface area contributed by atoms with Gasteiger partial charge in [0.25, 0.3) is 0 Å². The summed E-state index contributed by atoms with van der Waals surface area (Å²) >= 11 is 0. The molecule has 0 bridgehead atoms. The van der Waals surface area contributed by atoms with Gasteiger partial charge < -0.3 is 9.53 Å². The predicted molar refractivity (Wildman–Crippen MR) is 101 cm³/mol. The van der Waals surface area contributed by atoms with Crippen LogP contribution in [0.25, 0.3) is 0 Å². The highest BCUT2D eigenvalue weighted by molar-refractivity contribution is 5.82. The number of hydrogen-bond donors (Lipinski definition) is 0. The first kappa shape index (κ1) is 22.1. The molecule has 0 aliphatic carbocycles. The fourth-order valence-corrected chi connectivity index (χ4v) is 3.30. The van der Waals surface area contributed by atoms with Crippen molar-refractivity contribution in [3.05, 3.63) is 101 Å². The number of carbonyl (C=O) groups excluding carboxylic acids is 2. The molecule has 0 aliphatic heterocycles. The molecule has 31 heavy (non-hydrogen) atoms. The molecule has 2 atom stereocenters. The molecule has 160 valence electrons. The maximum Gasteiger partial charge on any atom is 0.319 e. The maximum atomic E-state index is 14.0. The summed E-state index contributed by atoms with van der Waals surface area (Å²) < 4.78 is 73.1. The first-order chi connectivity index (χ1) is 14.9. The van der Waals surface area contributed by atoms with Gasteiger partial charge in [-0.3, -0.25) is 4.79 Å². The third-order valence-electron chi connectivity index (χ3n) is 4.77. The molecule has 3 rings (SSSR count). The first-order valence-corrected chi connectivity index (χ1v) is 9.13. The van der Waals surface area contributed by atoms with Crippen LogP contribution in [-0.4, -0.2) is 12.3 Å². The lowest BCUT2D eigenvalue weighted by molar-refractivity contribution is -0.137. The van der Waals surface area contributed by atoms with Gasteiger partial charge in [-0.25, -0.2) is 13.2 Å². The highest BCUT2D eigenvalue weighted by Crippen LogP contribution is 2.38. The molecule has 0 spiro atoms. The molecule has 0 amide bonds. The van der Waals surface area contributed by atoms with Gasteiger partial charge in [-0.2, -0.15) is 8.78 Å². The maximum absolute atomic E-state index is 14.0. The zero-order valence-electron chi connectivity index (χ0n) is 15.8. The van der Waals surface area contributed by atoms with Crippen LogP contribution in [0.5, 0.6) is 5.75 Å². The van der Waals surface area contributed by atoms with E-state index in [1.165, 1.54) is 12.1 Å². The van der Waals surface area contributed by atoms with Gasteiger partial charge in [-0.15, -0.1) is 0 Å². The van der Waals surface area contributed by atoms with Gasteiger partial charge in [-0.05, 0) is 11.1 Å². The van der Waals surface area contributed by atoms with E-state index in [9.17, 15) is 31.5 Å². The van der Waals surface area contributed by atoms with E-state index in [4.69, 9.17) is 4.74 Å². The second-order valence-electron chi connectivity index (χ2n) is 6.63. The summed E-state index contributed by atoms with van der Waals surface area (Å²) in [5.74, 6) is -16.4. The number of esters is 1. The van der Waals surface area contributed by atoms with Crippen molar-refractivity contribution in [2.75, 3.05) is 0 Å². The molecule has 0 N–H and O–H groups in total. The van der Waals surface area contributed by atoms with E-state index >= 15 is 0 Å². The quantitative estimate of drug-likeness (QED) is 0.124. The van der Waals surface area contributed by atoms with Crippen LogP contribution >= 0.6 is 0 Å². The predicted octanol–water partition coefficient (Wildman–Crippen LogP) is 5.44. The fraction of sp³-hybridized carbons (Fsp3) is 0.130. The number of rotatable bonds is 7. The van der Waals surface area contributed by atoms with Gasteiger partial charge in [0.2, 0.25) is 34.8 Å². The Morgan fingerprint density at radius 3 is 1.68 bits per heavy atom. The van der Waals surface area contributed by atoms with Crippen molar-refractivity contribution >= 4 is 12.3 Å². The summed E-state index contributed by atoms with van der Waals surface area (Å²) in [6.07, 6.45) is 0.412. The molecule has 0 radical (unpaired) electrons. The molecular weight excluding hydrogens is 419 g/mol. The number of ether oxygens (including phenoxy) is 1. The van der Waals surface area contributed by atoms with Gasteiger partial charge in [0.05, 0.1) is 5.92 Å². The van der Waals surface area contributed by atoms with Crippen molar-refractivity contribution in [3.63, 3.8) is 0 Å². The standard InChI is InChI=1S/C23H15F5O3/c24-17-18(25)20(27)22(21(28)19(17)26)31-23(30)16(14-9-5-2-6-10-14)15(11-12-29)13-7-3-1-4-8-13/h1-10,12,15-16H,11H2/t15-,16+/m0/s1. The third kappa shape index (κ3) is 4.47. The smallest absolute Gasteiger partial charge is 0.319 e. The van der Waals surface area contributed by atoms with Crippen LogP contribution in [0.1, 0.15) is 29.4 Å². The average molecular weight is 434 g/mol. The Hall–Kier alpha value is -3.55. The SMILES string of the molecule is O=CC[C@@H](c1ccccc1)[C@H](C(=O)Oc1c(F)c(F)c(F)c(F)c1F)c1ccccc1. The first-order valence-electron chi connectivity index (χ1n) is 9.13. The molecular formula is C23H15F5O3. The second kappa shape index (κ2) is 9.51. The lowest BCUT2D eigenvalue weighted by Crippen LogP contribution is -2.26. The number of halogens is 5. The lowest BCUT2D eigenvalue weighted by Gasteiger charge is -2.25. The zero-order valence-corrected chi connectivity index (χ0v) is 15.8. The normalized spacial score (nSPS) is 12.8.